The Balaban J connectivity index is 1.78. The van der Waals surface area contributed by atoms with Crippen molar-refractivity contribution in [2.24, 2.45) is 0 Å². The van der Waals surface area contributed by atoms with Gasteiger partial charge in [-0.05, 0) is 18.1 Å². The lowest BCUT2D eigenvalue weighted by molar-refractivity contribution is 0.329. The Labute approximate surface area is 167 Å². The largest absolute Gasteiger partial charge is 0.503 e. The first kappa shape index (κ1) is 17.4. The highest BCUT2D eigenvalue weighted by Gasteiger charge is 2.36. The van der Waals surface area contributed by atoms with Crippen molar-refractivity contribution in [2.75, 3.05) is 0 Å². The molecule has 0 saturated carbocycles. The van der Waals surface area contributed by atoms with Gasteiger partial charge in [-0.15, -0.1) is 0 Å². The normalized spacial score (nSPS) is 15.2. The van der Waals surface area contributed by atoms with Crippen LogP contribution in [0.1, 0.15) is 28.8 Å². The summed E-state index contributed by atoms with van der Waals surface area (Å²) in [5.74, 6) is 0.248. The van der Waals surface area contributed by atoms with Crippen LogP contribution >= 0.6 is 0 Å². The zero-order valence-electron chi connectivity index (χ0n) is 15.9. The van der Waals surface area contributed by atoms with E-state index >= 15 is 0 Å². The molecule has 0 unspecified atom stereocenters. The molecule has 0 spiro atoms. The standard InChI is InChI=1S/C23H20N4O2/c1-15-12-24-23-21-22(29)19(28)13-25-27(21)18(14-26(15)23)20(16-8-4-2-5-9-16)17-10-6-3-7-11-17/h2-13,18,20,29H,14H2,1H3/t18-/m1/s1. The van der Waals surface area contributed by atoms with E-state index in [0.29, 0.717) is 18.1 Å². The number of nitrogens with zero attached hydrogens (tertiary/aromatic N) is 4. The number of imidazole rings is 1. The highest BCUT2D eigenvalue weighted by atomic mass is 16.3. The minimum absolute atomic E-state index is 0.0134. The molecule has 6 nitrogen and oxygen atoms in total. The lowest BCUT2D eigenvalue weighted by Gasteiger charge is -2.35. The molecule has 0 fully saturated rings. The smallest absolute Gasteiger partial charge is 0.242 e. The number of aryl methyl sites for hydroxylation is 1. The van der Waals surface area contributed by atoms with Gasteiger partial charge < -0.3 is 9.67 Å². The SMILES string of the molecule is Cc1cnc2n1C[C@H](C(c1ccccc1)c1ccccc1)n1ncc(=O)c(O)c1-2. The summed E-state index contributed by atoms with van der Waals surface area (Å²) in [5, 5.41) is 15.0. The van der Waals surface area contributed by atoms with Crippen LogP contribution in [-0.2, 0) is 6.54 Å². The van der Waals surface area contributed by atoms with Crippen LogP contribution in [0.15, 0.2) is 77.9 Å². The first-order chi connectivity index (χ1) is 14.1. The lowest BCUT2D eigenvalue weighted by Crippen LogP contribution is -2.32. The number of benzene rings is 2. The van der Waals surface area contributed by atoms with Crippen LogP contribution in [0.3, 0.4) is 0 Å². The van der Waals surface area contributed by atoms with Crippen LogP contribution < -0.4 is 5.43 Å². The van der Waals surface area contributed by atoms with E-state index in [-0.39, 0.29) is 17.7 Å². The fourth-order valence-corrected chi connectivity index (χ4v) is 4.27. The summed E-state index contributed by atoms with van der Waals surface area (Å²) in [7, 11) is 0. The molecule has 2 aromatic carbocycles. The van der Waals surface area contributed by atoms with Gasteiger partial charge in [0, 0.05) is 24.4 Å². The van der Waals surface area contributed by atoms with Crippen LogP contribution in [0, 0.1) is 6.92 Å². The van der Waals surface area contributed by atoms with Crippen molar-refractivity contribution in [1.82, 2.24) is 19.3 Å². The summed E-state index contributed by atoms with van der Waals surface area (Å²) < 4.78 is 3.82. The van der Waals surface area contributed by atoms with Crippen LogP contribution in [0.5, 0.6) is 5.75 Å². The topological polar surface area (TPSA) is 72.9 Å². The summed E-state index contributed by atoms with van der Waals surface area (Å²) in [6.07, 6.45) is 2.95. The number of hydrogen-bond acceptors (Lipinski definition) is 4. The van der Waals surface area contributed by atoms with Gasteiger partial charge in [-0.3, -0.25) is 9.48 Å². The van der Waals surface area contributed by atoms with Gasteiger partial charge in [0.05, 0.1) is 12.2 Å². The van der Waals surface area contributed by atoms with Crippen LogP contribution in [-0.4, -0.2) is 24.4 Å². The molecule has 3 heterocycles. The van der Waals surface area contributed by atoms with Crippen molar-refractivity contribution in [3.63, 3.8) is 0 Å². The molecule has 2 aromatic heterocycles. The van der Waals surface area contributed by atoms with E-state index in [9.17, 15) is 9.90 Å². The highest BCUT2D eigenvalue weighted by Crippen LogP contribution is 2.42. The molecule has 0 aliphatic carbocycles. The van der Waals surface area contributed by atoms with Gasteiger partial charge in [0.15, 0.2) is 11.6 Å². The number of fused-ring (bicyclic) bond motifs is 3. The molecule has 29 heavy (non-hydrogen) atoms. The molecule has 1 N–H and O–H groups in total. The van der Waals surface area contributed by atoms with Crippen molar-refractivity contribution < 1.29 is 5.11 Å². The molecule has 0 saturated heterocycles. The minimum atomic E-state index is -0.500. The lowest BCUT2D eigenvalue weighted by atomic mass is 9.84. The summed E-state index contributed by atoms with van der Waals surface area (Å²) in [5.41, 5.74) is 3.15. The van der Waals surface area contributed by atoms with Gasteiger partial charge in [-0.1, -0.05) is 60.7 Å². The Bertz CT molecular complexity index is 1190. The molecule has 1 aliphatic rings. The third kappa shape index (κ3) is 2.76. The molecule has 6 heteroatoms. The molecule has 1 atom stereocenters. The van der Waals surface area contributed by atoms with Gasteiger partial charge in [-0.2, -0.15) is 5.10 Å². The van der Waals surface area contributed by atoms with Crippen LogP contribution in [0.2, 0.25) is 0 Å². The van der Waals surface area contributed by atoms with E-state index in [0.717, 1.165) is 16.8 Å². The van der Waals surface area contributed by atoms with E-state index in [4.69, 9.17) is 0 Å². The number of aromatic nitrogens is 4. The van der Waals surface area contributed by atoms with Crippen molar-refractivity contribution in [3.05, 3.63) is 100 Å². The minimum Gasteiger partial charge on any atom is -0.503 e. The number of aromatic hydroxyl groups is 1. The Hall–Kier alpha value is -3.67. The third-order valence-corrected chi connectivity index (χ3v) is 5.64. The molecule has 4 aromatic rings. The molecular formula is C23H20N4O2. The maximum atomic E-state index is 12.2. The fourth-order valence-electron chi connectivity index (χ4n) is 4.27. The summed E-state index contributed by atoms with van der Waals surface area (Å²) in [4.78, 5) is 16.6. The molecule has 0 bridgehead atoms. The van der Waals surface area contributed by atoms with Crippen molar-refractivity contribution in [3.8, 4) is 17.3 Å². The van der Waals surface area contributed by atoms with Crippen molar-refractivity contribution in [1.29, 1.82) is 0 Å². The van der Waals surface area contributed by atoms with Crippen LogP contribution in [0.25, 0.3) is 11.5 Å². The quantitative estimate of drug-likeness (QED) is 0.587. The van der Waals surface area contributed by atoms with Gasteiger partial charge in [-0.25, -0.2) is 4.98 Å². The van der Waals surface area contributed by atoms with Gasteiger partial charge >= 0.3 is 0 Å². The van der Waals surface area contributed by atoms with E-state index in [1.807, 2.05) is 43.3 Å². The molecule has 0 amide bonds. The molecule has 144 valence electrons. The zero-order chi connectivity index (χ0) is 20.0. The monoisotopic (exact) mass is 384 g/mol. The number of hydrogen-bond donors (Lipinski definition) is 1. The molecule has 5 rings (SSSR count). The first-order valence-corrected chi connectivity index (χ1v) is 9.58. The second-order valence-corrected chi connectivity index (χ2v) is 7.35. The Morgan fingerprint density at radius 1 is 1.00 bits per heavy atom. The second kappa shape index (κ2) is 6.74. The summed E-state index contributed by atoms with van der Waals surface area (Å²) in [6.45, 7) is 2.62. The van der Waals surface area contributed by atoms with E-state index in [2.05, 4.69) is 38.9 Å². The predicted octanol–water partition coefficient (Wildman–Crippen LogP) is 3.51. The molecule has 0 radical (unpaired) electrons. The average Bonchev–Trinajstić information content (AvgIpc) is 3.13. The van der Waals surface area contributed by atoms with Crippen molar-refractivity contribution in [2.45, 2.75) is 25.4 Å². The first-order valence-electron chi connectivity index (χ1n) is 9.58. The second-order valence-electron chi connectivity index (χ2n) is 7.35. The van der Waals surface area contributed by atoms with E-state index in [1.54, 1.807) is 10.9 Å². The fraction of sp³-hybridized carbons (Fsp3) is 0.174. The maximum absolute atomic E-state index is 12.2. The highest BCUT2D eigenvalue weighted by molar-refractivity contribution is 5.61. The number of rotatable bonds is 3. The maximum Gasteiger partial charge on any atom is 0.242 e. The Morgan fingerprint density at radius 3 is 2.24 bits per heavy atom. The Kier molecular flexibility index (Phi) is 4.05. The van der Waals surface area contributed by atoms with E-state index in [1.165, 1.54) is 6.20 Å². The third-order valence-electron chi connectivity index (χ3n) is 5.64. The molecular weight excluding hydrogens is 364 g/mol. The zero-order valence-corrected chi connectivity index (χ0v) is 15.9. The summed E-state index contributed by atoms with van der Waals surface area (Å²) in [6, 6.07) is 20.4. The van der Waals surface area contributed by atoms with Gasteiger partial charge in [0.2, 0.25) is 5.43 Å². The average molecular weight is 384 g/mol. The summed E-state index contributed by atoms with van der Waals surface area (Å²) >= 11 is 0. The Morgan fingerprint density at radius 2 is 1.62 bits per heavy atom. The van der Waals surface area contributed by atoms with E-state index < -0.39 is 5.43 Å². The van der Waals surface area contributed by atoms with Gasteiger partial charge in [0.1, 0.15) is 5.69 Å². The van der Waals surface area contributed by atoms with Crippen molar-refractivity contribution >= 4 is 0 Å². The van der Waals surface area contributed by atoms with Gasteiger partial charge in [0.25, 0.3) is 0 Å². The predicted molar refractivity (Wildman–Crippen MR) is 110 cm³/mol. The van der Waals surface area contributed by atoms with Crippen LogP contribution in [0.4, 0.5) is 0 Å². The molecule has 1 aliphatic heterocycles.